The van der Waals surface area contributed by atoms with Gasteiger partial charge in [0.1, 0.15) is 0 Å². The minimum Gasteiger partial charge on any atom is -0.393 e. The summed E-state index contributed by atoms with van der Waals surface area (Å²) in [7, 11) is 1.82. The van der Waals surface area contributed by atoms with Crippen LogP contribution in [0.1, 0.15) is 28.8 Å². The molecule has 1 saturated carbocycles. The molecule has 0 heterocycles. The summed E-state index contributed by atoms with van der Waals surface area (Å²) < 4.78 is 0.832. The minimum absolute atomic E-state index is 0.0342. The van der Waals surface area contributed by atoms with E-state index in [1.165, 1.54) is 0 Å². The summed E-state index contributed by atoms with van der Waals surface area (Å²) in [5.74, 6) is 0.476. The first-order valence-electron chi connectivity index (χ1n) is 6.17. The molecular formula is C14H18BrNO2. The first kappa shape index (κ1) is 13.6. The second-order valence-corrected chi connectivity index (χ2v) is 6.01. The molecule has 18 heavy (non-hydrogen) atoms. The van der Waals surface area contributed by atoms with Crippen LogP contribution in [0, 0.1) is 12.8 Å². The van der Waals surface area contributed by atoms with Gasteiger partial charge in [-0.25, -0.2) is 0 Å². The lowest BCUT2D eigenvalue weighted by Gasteiger charge is -2.34. The Morgan fingerprint density at radius 2 is 2.17 bits per heavy atom. The molecule has 0 radical (unpaired) electrons. The Morgan fingerprint density at radius 1 is 1.50 bits per heavy atom. The predicted octanol–water partition coefficient (Wildman–Crippen LogP) is 2.60. The first-order chi connectivity index (χ1) is 8.47. The van der Waals surface area contributed by atoms with Crippen molar-refractivity contribution in [3.63, 3.8) is 0 Å². The molecule has 1 aromatic carbocycles. The van der Waals surface area contributed by atoms with Crippen molar-refractivity contribution >= 4 is 21.8 Å². The van der Waals surface area contributed by atoms with E-state index in [4.69, 9.17) is 0 Å². The fourth-order valence-electron chi connectivity index (χ4n) is 2.33. The zero-order chi connectivity index (χ0) is 13.3. The fourth-order valence-corrected chi connectivity index (χ4v) is 2.74. The number of aliphatic hydroxyl groups is 1. The quantitative estimate of drug-likeness (QED) is 0.932. The molecule has 1 aliphatic rings. The van der Waals surface area contributed by atoms with Crippen LogP contribution in [0.5, 0.6) is 0 Å². The van der Waals surface area contributed by atoms with Gasteiger partial charge in [0.2, 0.25) is 0 Å². The molecular weight excluding hydrogens is 294 g/mol. The lowest BCUT2D eigenvalue weighted by molar-refractivity contribution is 0.0265. The highest BCUT2D eigenvalue weighted by molar-refractivity contribution is 9.10. The zero-order valence-electron chi connectivity index (χ0n) is 10.7. The smallest absolute Gasteiger partial charge is 0.254 e. The van der Waals surface area contributed by atoms with Crippen LogP contribution in [0.4, 0.5) is 0 Å². The van der Waals surface area contributed by atoms with Gasteiger partial charge in [0, 0.05) is 18.1 Å². The van der Waals surface area contributed by atoms with Gasteiger partial charge >= 0.3 is 0 Å². The van der Waals surface area contributed by atoms with E-state index < -0.39 is 0 Å². The molecule has 0 aromatic heterocycles. The Kier molecular flexibility index (Phi) is 4.07. The van der Waals surface area contributed by atoms with Crippen molar-refractivity contribution < 1.29 is 9.90 Å². The highest BCUT2D eigenvalue weighted by atomic mass is 79.9. The van der Waals surface area contributed by atoms with E-state index >= 15 is 0 Å². The molecule has 1 N–H and O–H groups in total. The highest BCUT2D eigenvalue weighted by Gasteiger charge is 2.29. The summed E-state index contributed by atoms with van der Waals surface area (Å²) in [6.07, 6.45) is 1.46. The number of hydrogen-bond donors (Lipinski definition) is 1. The molecule has 2 rings (SSSR count). The average Bonchev–Trinajstić information content (AvgIpc) is 2.29. The number of nitrogens with zero attached hydrogens (tertiary/aromatic N) is 1. The normalized spacial score (nSPS) is 22.4. The number of benzene rings is 1. The second kappa shape index (κ2) is 5.41. The number of aliphatic hydroxyl groups excluding tert-OH is 1. The fraction of sp³-hybridized carbons (Fsp3) is 0.500. The van der Waals surface area contributed by atoms with Crippen LogP contribution in [-0.4, -0.2) is 35.6 Å². The molecule has 1 aliphatic carbocycles. The molecule has 1 aromatic rings. The summed E-state index contributed by atoms with van der Waals surface area (Å²) in [5.41, 5.74) is 1.78. The SMILES string of the molecule is Cc1ccc(Br)c(C(=O)N(C)CC2CC(O)C2)c1. The van der Waals surface area contributed by atoms with Crippen molar-refractivity contribution in [1.82, 2.24) is 4.90 Å². The summed E-state index contributed by atoms with van der Waals surface area (Å²) in [5, 5.41) is 9.26. The summed E-state index contributed by atoms with van der Waals surface area (Å²) in [6, 6.07) is 5.78. The molecule has 0 aliphatic heterocycles. The summed E-state index contributed by atoms with van der Waals surface area (Å²) in [6.45, 7) is 2.70. The van der Waals surface area contributed by atoms with Crippen LogP contribution in [0.3, 0.4) is 0 Å². The summed E-state index contributed by atoms with van der Waals surface area (Å²) in [4.78, 5) is 14.1. The molecule has 0 bridgehead atoms. The van der Waals surface area contributed by atoms with E-state index in [1.54, 1.807) is 4.90 Å². The first-order valence-corrected chi connectivity index (χ1v) is 6.96. The van der Waals surface area contributed by atoms with E-state index in [9.17, 15) is 9.90 Å². The van der Waals surface area contributed by atoms with E-state index in [2.05, 4.69) is 15.9 Å². The van der Waals surface area contributed by atoms with Crippen molar-refractivity contribution in [2.45, 2.75) is 25.9 Å². The zero-order valence-corrected chi connectivity index (χ0v) is 12.3. The maximum absolute atomic E-state index is 12.3. The molecule has 0 spiro atoms. The van der Waals surface area contributed by atoms with E-state index in [0.29, 0.717) is 11.5 Å². The average molecular weight is 312 g/mol. The van der Waals surface area contributed by atoms with Gasteiger partial charge in [-0.1, -0.05) is 11.6 Å². The Morgan fingerprint density at radius 3 is 2.78 bits per heavy atom. The molecule has 1 amide bonds. The third-order valence-corrected chi connectivity index (χ3v) is 4.13. The highest BCUT2D eigenvalue weighted by Crippen LogP contribution is 2.28. The number of amides is 1. The van der Waals surface area contributed by atoms with Crippen molar-refractivity contribution in [3.05, 3.63) is 33.8 Å². The van der Waals surface area contributed by atoms with E-state index in [0.717, 1.165) is 29.4 Å². The van der Waals surface area contributed by atoms with E-state index in [1.807, 2.05) is 32.2 Å². The molecule has 1 fully saturated rings. The van der Waals surface area contributed by atoms with Crippen LogP contribution in [0.15, 0.2) is 22.7 Å². The lowest BCUT2D eigenvalue weighted by atomic mass is 9.82. The largest absolute Gasteiger partial charge is 0.393 e. The number of halogens is 1. The molecule has 4 heteroatoms. The van der Waals surface area contributed by atoms with Gasteiger partial charge in [0.25, 0.3) is 5.91 Å². The maximum Gasteiger partial charge on any atom is 0.254 e. The van der Waals surface area contributed by atoms with Gasteiger partial charge in [-0.05, 0) is 53.7 Å². The number of hydrogen-bond acceptors (Lipinski definition) is 2. The van der Waals surface area contributed by atoms with Crippen molar-refractivity contribution in [3.8, 4) is 0 Å². The monoisotopic (exact) mass is 311 g/mol. The number of rotatable bonds is 3. The molecule has 3 nitrogen and oxygen atoms in total. The van der Waals surface area contributed by atoms with Crippen LogP contribution in [0.2, 0.25) is 0 Å². The number of carbonyl (C=O) groups excluding carboxylic acids is 1. The second-order valence-electron chi connectivity index (χ2n) is 5.16. The van der Waals surface area contributed by atoms with Gasteiger partial charge < -0.3 is 10.0 Å². The molecule has 98 valence electrons. The topological polar surface area (TPSA) is 40.5 Å². The number of aryl methyl sites for hydroxylation is 1. The van der Waals surface area contributed by atoms with Crippen molar-refractivity contribution in [2.24, 2.45) is 5.92 Å². The van der Waals surface area contributed by atoms with Gasteiger partial charge in [0.05, 0.1) is 11.7 Å². The maximum atomic E-state index is 12.3. The molecule has 0 saturated heterocycles. The minimum atomic E-state index is -0.163. The lowest BCUT2D eigenvalue weighted by Crippen LogP contribution is -2.39. The van der Waals surface area contributed by atoms with Gasteiger partial charge in [-0.3, -0.25) is 4.79 Å². The Bertz CT molecular complexity index is 455. The van der Waals surface area contributed by atoms with Gasteiger partial charge in [0.15, 0.2) is 0 Å². The third-order valence-electron chi connectivity index (χ3n) is 3.44. The summed E-state index contributed by atoms with van der Waals surface area (Å²) >= 11 is 3.42. The van der Waals surface area contributed by atoms with Crippen LogP contribution >= 0.6 is 15.9 Å². The third kappa shape index (κ3) is 2.93. The Balaban J connectivity index is 2.03. The van der Waals surface area contributed by atoms with Gasteiger partial charge in [-0.2, -0.15) is 0 Å². The Hall–Kier alpha value is -0.870. The molecule has 0 atom stereocenters. The van der Waals surface area contributed by atoms with Crippen LogP contribution in [-0.2, 0) is 0 Å². The van der Waals surface area contributed by atoms with Crippen molar-refractivity contribution in [2.75, 3.05) is 13.6 Å². The van der Waals surface area contributed by atoms with Crippen molar-refractivity contribution in [1.29, 1.82) is 0 Å². The van der Waals surface area contributed by atoms with Crippen LogP contribution in [0.25, 0.3) is 0 Å². The van der Waals surface area contributed by atoms with Crippen LogP contribution < -0.4 is 0 Å². The standard InChI is InChI=1S/C14H18BrNO2/c1-9-3-4-13(15)12(5-9)14(18)16(2)8-10-6-11(17)7-10/h3-5,10-11,17H,6-8H2,1-2H3. The van der Waals surface area contributed by atoms with E-state index in [-0.39, 0.29) is 12.0 Å². The van der Waals surface area contributed by atoms with Gasteiger partial charge in [-0.15, -0.1) is 0 Å². The number of carbonyl (C=O) groups is 1. The Labute approximate surface area is 116 Å². The predicted molar refractivity (Wildman–Crippen MR) is 74.6 cm³/mol. The molecule has 0 unspecified atom stereocenters.